The van der Waals surface area contributed by atoms with Gasteiger partial charge in [0.1, 0.15) is 0 Å². The van der Waals surface area contributed by atoms with Crippen LogP contribution >= 0.6 is 28.6 Å². The van der Waals surface area contributed by atoms with Gasteiger partial charge in [0.25, 0.3) is 5.91 Å². The number of nitrogens with zero attached hydrogens (tertiary/aromatic N) is 1. The summed E-state index contributed by atoms with van der Waals surface area (Å²) in [7, 11) is 0. The van der Waals surface area contributed by atoms with Gasteiger partial charge in [-0.1, -0.05) is 15.9 Å². The van der Waals surface area contributed by atoms with E-state index in [0.717, 1.165) is 4.47 Å². The van der Waals surface area contributed by atoms with Crippen molar-refractivity contribution in [3.05, 3.63) is 28.2 Å². The van der Waals surface area contributed by atoms with Gasteiger partial charge in [-0.15, -0.1) is 12.6 Å². The summed E-state index contributed by atoms with van der Waals surface area (Å²) in [5, 5.41) is 0. The molecular formula is C12H15BrN2O2S. The minimum absolute atomic E-state index is 0.0974. The van der Waals surface area contributed by atoms with Gasteiger partial charge < -0.3 is 10.6 Å². The first-order valence-corrected chi connectivity index (χ1v) is 6.64. The minimum atomic E-state index is -0.533. The van der Waals surface area contributed by atoms with Crippen LogP contribution < -0.4 is 5.73 Å². The number of primary amides is 1. The van der Waals surface area contributed by atoms with E-state index in [4.69, 9.17) is 5.73 Å². The Morgan fingerprint density at radius 1 is 1.44 bits per heavy atom. The van der Waals surface area contributed by atoms with Crippen LogP contribution in [0.3, 0.4) is 0 Å². The Kier molecular flexibility index (Phi) is 5.22. The molecule has 0 heterocycles. The molecule has 98 valence electrons. The molecule has 0 radical (unpaired) electrons. The quantitative estimate of drug-likeness (QED) is 0.830. The number of benzene rings is 1. The molecule has 4 nitrogen and oxygen atoms in total. The van der Waals surface area contributed by atoms with Crippen LogP contribution in [-0.2, 0) is 4.79 Å². The van der Waals surface area contributed by atoms with Crippen molar-refractivity contribution in [1.82, 2.24) is 4.90 Å². The topological polar surface area (TPSA) is 63.4 Å². The van der Waals surface area contributed by atoms with Crippen LogP contribution in [-0.4, -0.2) is 29.3 Å². The number of nitrogens with two attached hydrogens (primary N) is 1. The molecule has 0 unspecified atom stereocenters. The van der Waals surface area contributed by atoms with Crippen molar-refractivity contribution in [3.8, 4) is 0 Å². The number of halogens is 1. The Morgan fingerprint density at radius 2 is 2.06 bits per heavy atom. The third-order valence-electron chi connectivity index (χ3n) is 2.40. The summed E-state index contributed by atoms with van der Waals surface area (Å²) in [5.74, 6) is -0.781. The van der Waals surface area contributed by atoms with E-state index in [1.165, 1.54) is 4.90 Å². The van der Waals surface area contributed by atoms with Crippen molar-refractivity contribution in [3.63, 3.8) is 0 Å². The lowest BCUT2D eigenvalue weighted by molar-refractivity contribution is -0.119. The molecule has 18 heavy (non-hydrogen) atoms. The lowest BCUT2D eigenvalue weighted by Crippen LogP contribution is -2.42. The summed E-state index contributed by atoms with van der Waals surface area (Å²) < 4.78 is 0.843. The second-order valence-corrected chi connectivity index (χ2v) is 5.55. The Bertz CT molecular complexity index is 477. The monoisotopic (exact) mass is 330 g/mol. The molecule has 0 aromatic heterocycles. The van der Waals surface area contributed by atoms with Crippen LogP contribution in [0.25, 0.3) is 0 Å². The fourth-order valence-electron chi connectivity index (χ4n) is 1.50. The van der Waals surface area contributed by atoms with Crippen LogP contribution in [0.1, 0.15) is 24.2 Å². The SMILES string of the molecule is CC(C)N(CC(N)=O)C(=O)c1ccc(Br)cc1S. The molecule has 0 aliphatic carbocycles. The fourth-order valence-corrected chi connectivity index (χ4v) is 2.34. The molecule has 0 atom stereocenters. The predicted octanol–water partition coefficient (Wildman–Crippen LogP) is 2.07. The minimum Gasteiger partial charge on any atom is -0.368 e. The van der Waals surface area contributed by atoms with E-state index in [1.807, 2.05) is 13.8 Å². The normalized spacial score (nSPS) is 10.5. The van der Waals surface area contributed by atoms with Crippen LogP contribution in [0.15, 0.2) is 27.6 Å². The van der Waals surface area contributed by atoms with E-state index in [9.17, 15) is 9.59 Å². The first-order valence-electron chi connectivity index (χ1n) is 5.40. The molecule has 0 saturated carbocycles. The van der Waals surface area contributed by atoms with Gasteiger partial charge in [-0.25, -0.2) is 0 Å². The summed E-state index contributed by atoms with van der Waals surface area (Å²) in [6, 6.07) is 5.06. The van der Waals surface area contributed by atoms with Gasteiger partial charge in [0.05, 0.1) is 12.1 Å². The molecule has 0 fully saturated rings. The van der Waals surface area contributed by atoms with Crippen molar-refractivity contribution in [1.29, 1.82) is 0 Å². The van der Waals surface area contributed by atoms with E-state index >= 15 is 0 Å². The van der Waals surface area contributed by atoms with Gasteiger partial charge in [0.15, 0.2) is 0 Å². The number of hydrogen-bond donors (Lipinski definition) is 2. The van der Waals surface area contributed by atoms with Crippen molar-refractivity contribution in [2.75, 3.05) is 6.54 Å². The van der Waals surface area contributed by atoms with Gasteiger partial charge in [0, 0.05) is 15.4 Å². The summed E-state index contributed by atoms with van der Waals surface area (Å²) in [5.41, 5.74) is 5.60. The average molecular weight is 331 g/mol. The zero-order valence-electron chi connectivity index (χ0n) is 10.2. The maximum atomic E-state index is 12.3. The molecule has 1 aromatic rings. The molecule has 1 rings (SSSR count). The number of carbonyl (C=O) groups excluding carboxylic acids is 2. The number of thiol groups is 1. The number of hydrogen-bond acceptors (Lipinski definition) is 3. The summed E-state index contributed by atoms with van der Waals surface area (Å²) in [6.07, 6.45) is 0. The van der Waals surface area contributed by atoms with Gasteiger partial charge >= 0.3 is 0 Å². The van der Waals surface area contributed by atoms with Crippen molar-refractivity contribution < 1.29 is 9.59 Å². The lowest BCUT2D eigenvalue weighted by atomic mass is 10.1. The highest BCUT2D eigenvalue weighted by Gasteiger charge is 2.22. The van der Waals surface area contributed by atoms with Crippen molar-refractivity contribution in [2.24, 2.45) is 5.73 Å². The molecule has 6 heteroatoms. The van der Waals surface area contributed by atoms with Crippen LogP contribution in [0.2, 0.25) is 0 Å². The van der Waals surface area contributed by atoms with Gasteiger partial charge in [0.2, 0.25) is 5.91 Å². The molecule has 2 amide bonds. The zero-order valence-corrected chi connectivity index (χ0v) is 12.7. The maximum Gasteiger partial charge on any atom is 0.255 e. The maximum absolute atomic E-state index is 12.3. The highest BCUT2D eigenvalue weighted by Crippen LogP contribution is 2.21. The highest BCUT2D eigenvalue weighted by molar-refractivity contribution is 9.10. The second kappa shape index (κ2) is 6.24. The van der Waals surface area contributed by atoms with Crippen LogP contribution in [0, 0.1) is 0 Å². The molecule has 0 bridgehead atoms. The molecule has 1 aromatic carbocycles. The molecule has 0 aliphatic rings. The summed E-state index contributed by atoms with van der Waals surface area (Å²) in [4.78, 5) is 25.3. The van der Waals surface area contributed by atoms with E-state index in [0.29, 0.717) is 10.5 Å². The summed E-state index contributed by atoms with van der Waals surface area (Å²) in [6.45, 7) is 3.57. The largest absolute Gasteiger partial charge is 0.368 e. The van der Waals surface area contributed by atoms with Crippen LogP contribution in [0.5, 0.6) is 0 Å². The summed E-state index contributed by atoms with van der Waals surface area (Å²) >= 11 is 7.57. The molecular weight excluding hydrogens is 316 g/mol. The van der Waals surface area contributed by atoms with Crippen molar-refractivity contribution in [2.45, 2.75) is 24.8 Å². The van der Waals surface area contributed by atoms with E-state index in [1.54, 1.807) is 18.2 Å². The van der Waals surface area contributed by atoms with Crippen molar-refractivity contribution >= 4 is 40.4 Å². The lowest BCUT2D eigenvalue weighted by Gasteiger charge is -2.25. The van der Waals surface area contributed by atoms with E-state index < -0.39 is 5.91 Å². The first-order chi connectivity index (χ1) is 8.32. The fraction of sp³-hybridized carbons (Fsp3) is 0.333. The molecule has 0 aliphatic heterocycles. The van der Waals surface area contributed by atoms with E-state index in [2.05, 4.69) is 28.6 Å². The molecule has 2 N–H and O–H groups in total. The Balaban J connectivity index is 3.05. The first kappa shape index (κ1) is 15.0. The molecule has 0 spiro atoms. The average Bonchev–Trinajstić information content (AvgIpc) is 2.24. The third-order valence-corrected chi connectivity index (χ3v) is 3.26. The Labute approximate surface area is 120 Å². The Hall–Kier alpha value is -1.01. The van der Waals surface area contributed by atoms with Crippen LogP contribution in [0.4, 0.5) is 0 Å². The second-order valence-electron chi connectivity index (χ2n) is 4.15. The molecule has 0 saturated heterocycles. The standard InChI is InChI=1S/C12H15BrN2O2S/c1-7(2)15(6-11(14)16)12(17)9-4-3-8(13)5-10(9)18/h3-5,7,18H,6H2,1-2H3,(H2,14,16). The Morgan fingerprint density at radius 3 is 2.50 bits per heavy atom. The highest BCUT2D eigenvalue weighted by atomic mass is 79.9. The predicted molar refractivity (Wildman–Crippen MR) is 76.8 cm³/mol. The number of amides is 2. The van der Waals surface area contributed by atoms with Gasteiger partial charge in [-0.2, -0.15) is 0 Å². The zero-order chi connectivity index (χ0) is 13.9. The third kappa shape index (κ3) is 3.74. The van der Waals surface area contributed by atoms with Gasteiger partial charge in [-0.3, -0.25) is 9.59 Å². The van der Waals surface area contributed by atoms with E-state index in [-0.39, 0.29) is 18.5 Å². The number of carbonyl (C=O) groups is 2. The van der Waals surface area contributed by atoms with Gasteiger partial charge in [-0.05, 0) is 32.0 Å². The smallest absolute Gasteiger partial charge is 0.255 e. The number of rotatable bonds is 4.